The van der Waals surface area contributed by atoms with Crippen LogP contribution in [0.25, 0.3) is 11.6 Å². The Morgan fingerprint density at radius 2 is 1.73 bits per heavy atom. The van der Waals surface area contributed by atoms with Crippen LogP contribution >= 0.6 is 23.2 Å². The maximum atomic E-state index is 13.1. The highest BCUT2D eigenvalue weighted by Gasteiger charge is 2.39. The minimum Gasteiger partial charge on any atom is -0.443 e. The normalized spacial score (nSPS) is 15.5. The maximum absolute atomic E-state index is 13.1. The van der Waals surface area contributed by atoms with Crippen LogP contribution in [0.1, 0.15) is 37.5 Å². The number of nitrogens with zero attached hydrogens (tertiary/aromatic N) is 1. The van der Waals surface area contributed by atoms with E-state index in [1.54, 1.807) is 20.8 Å². The second kappa shape index (κ2) is 7.63. The Balaban J connectivity index is 2.14. The van der Waals surface area contributed by atoms with Gasteiger partial charge < -0.3 is 4.74 Å². The van der Waals surface area contributed by atoms with Crippen LogP contribution in [0.15, 0.2) is 36.4 Å². The number of hydrogen-bond acceptors (Lipinski definition) is 3. The Hall–Kier alpha value is -2.51. The van der Waals surface area contributed by atoms with E-state index in [0.29, 0.717) is 5.56 Å². The third kappa shape index (κ3) is 4.47. The minimum atomic E-state index is -4.58. The van der Waals surface area contributed by atoms with Crippen LogP contribution in [0.4, 0.5) is 23.7 Å². The summed E-state index contributed by atoms with van der Waals surface area (Å²) in [5.74, 6) is -0.755. The van der Waals surface area contributed by atoms with E-state index in [9.17, 15) is 22.8 Å². The van der Waals surface area contributed by atoms with E-state index in [-0.39, 0.29) is 26.9 Å². The van der Waals surface area contributed by atoms with Gasteiger partial charge in [0, 0.05) is 15.6 Å². The van der Waals surface area contributed by atoms with E-state index >= 15 is 0 Å². The number of fused-ring (bicyclic) bond motifs is 1. The van der Waals surface area contributed by atoms with Crippen LogP contribution < -0.4 is 4.90 Å². The topological polar surface area (TPSA) is 46.6 Å². The van der Waals surface area contributed by atoms with Crippen LogP contribution in [0.2, 0.25) is 10.0 Å². The zero-order valence-electron chi connectivity index (χ0n) is 16.1. The standard InChI is InChI=1S/C21H16Cl2F3NO3/c1-20(2,3)30-19(29)27-17-10-13(22)5-6-14(17)15(18(27)28)9-11-8-12(21(24,25)26)4-7-16(11)23/h4-10H,1-3H3. The van der Waals surface area contributed by atoms with Gasteiger partial charge in [-0.2, -0.15) is 13.2 Å². The van der Waals surface area contributed by atoms with Gasteiger partial charge in [-0.05, 0) is 62.7 Å². The first-order chi connectivity index (χ1) is 13.8. The number of hydrogen-bond donors (Lipinski definition) is 0. The number of rotatable bonds is 1. The number of ether oxygens (including phenoxy) is 1. The van der Waals surface area contributed by atoms with Crippen molar-refractivity contribution in [3.05, 3.63) is 63.1 Å². The lowest BCUT2D eigenvalue weighted by Crippen LogP contribution is -2.38. The first kappa shape index (κ1) is 22.2. The summed E-state index contributed by atoms with van der Waals surface area (Å²) >= 11 is 12.1. The third-order valence-electron chi connectivity index (χ3n) is 4.12. The van der Waals surface area contributed by atoms with Crippen LogP contribution in [0.5, 0.6) is 0 Å². The molecule has 0 spiro atoms. The number of carbonyl (C=O) groups is 2. The molecule has 0 saturated carbocycles. The Labute approximate surface area is 180 Å². The lowest BCUT2D eigenvalue weighted by molar-refractivity contribution is -0.137. The molecule has 1 heterocycles. The van der Waals surface area contributed by atoms with E-state index in [2.05, 4.69) is 0 Å². The molecule has 0 aliphatic carbocycles. The minimum absolute atomic E-state index is 0.00579. The highest BCUT2D eigenvalue weighted by Crippen LogP contribution is 2.41. The fourth-order valence-corrected chi connectivity index (χ4v) is 3.22. The van der Waals surface area contributed by atoms with Gasteiger partial charge in [-0.1, -0.05) is 29.3 Å². The number of imide groups is 1. The molecule has 0 atom stereocenters. The number of benzene rings is 2. The molecule has 158 valence electrons. The molecule has 1 aliphatic heterocycles. The molecule has 2 aromatic carbocycles. The first-order valence-electron chi connectivity index (χ1n) is 8.74. The van der Waals surface area contributed by atoms with Gasteiger partial charge >= 0.3 is 12.3 Å². The van der Waals surface area contributed by atoms with Crippen molar-refractivity contribution >= 4 is 52.5 Å². The molecule has 0 radical (unpaired) electrons. The van der Waals surface area contributed by atoms with Gasteiger partial charge in [0.25, 0.3) is 5.91 Å². The predicted molar refractivity (Wildman–Crippen MR) is 109 cm³/mol. The molecular weight excluding hydrogens is 442 g/mol. The summed E-state index contributed by atoms with van der Waals surface area (Å²) in [6.07, 6.45) is -4.28. The van der Waals surface area contributed by atoms with Crippen molar-refractivity contribution in [3.8, 4) is 0 Å². The molecule has 30 heavy (non-hydrogen) atoms. The summed E-state index contributed by atoms with van der Waals surface area (Å²) in [6.45, 7) is 4.93. The van der Waals surface area contributed by atoms with E-state index < -0.39 is 29.3 Å². The van der Waals surface area contributed by atoms with E-state index in [1.807, 2.05) is 0 Å². The fraction of sp³-hybridized carbons (Fsp3) is 0.238. The molecule has 9 heteroatoms. The van der Waals surface area contributed by atoms with Crippen molar-refractivity contribution in [2.24, 2.45) is 0 Å². The molecule has 2 amide bonds. The zero-order chi connectivity index (χ0) is 22.4. The van der Waals surface area contributed by atoms with Gasteiger partial charge in [-0.3, -0.25) is 4.79 Å². The number of amides is 2. The van der Waals surface area contributed by atoms with Crippen molar-refractivity contribution < 1.29 is 27.5 Å². The van der Waals surface area contributed by atoms with Crippen molar-refractivity contribution in [3.63, 3.8) is 0 Å². The SMILES string of the molecule is CC(C)(C)OC(=O)N1C(=O)C(=Cc2cc(C(F)(F)F)ccc2Cl)c2ccc(Cl)cc21. The molecule has 4 nitrogen and oxygen atoms in total. The van der Waals surface area contributed by atoms with Crippen molar-refractivity contribution in [2.75, 3.05) is 4.90 Å². The number of anilines is 1. The van der Waals surface area contributed by atoms with Crippen molar-refractivity contribution in [2.45, 2.75) is 32.5 Å². The zero-order valence-corrected chi connectivity index (χ0v) is 17.6. The molecule has 0 unspecified atom stereocenters. The molecular formula is C21H16Cl2F3NO3. The Morgan fingerprint density at radius 3 is 2.33 bits per heavy atom. The van der Waals surface area contributed by atoms with Gasteiger partial charge in [-0.25, -0.2) is 9.69 Å². The molecule has 0 bridgehead atoms. The van der Waals surface area contributed by atoms with Crippen LogP contribution in [0.3, 0.4) is 0 Å². The summed E-state index contributed by atoms with van der Waals surface area (Å²) in [6, 6.07) is 7.22. The molecule has 0 saturated heterocycles. The summed E-state index contributed by atoms with van der Waals surface area (Å²) < 4.78 is 44.5. The monoisotopic (exact) mass is 457 g/mol. The smallest absolute Gasteiger partial charge is 0.422 e. The Bertz CT molecular complexity index is 1070. The Morgan fingerprint density at radius 1 is 1.07 bits per heavy atom. The third-order valence-corrected chi connectivity index (χ3v) is 4.70. The quantitative estimate of drug-likeness (QED) is 0.440. The van der Waals surface area contributed by atoms with E-state index in [4.69, 9.17) is 27.9 Å². The second-order valence-electron chi connectivity index (χ2n) is 7.57. The number of alkyl halides is 3. The highest BCUT2D eigenvalue weighted by molar-refractivity contribution is 6.43. The summed E-state index contributed by atoms with van der Waals surface area (Å²) in [4.78, 5) is 26.5. The van der Waals surface area contributed by atoms with E-state index in [1.165, 1.54) is 24.3 Å². The van der Waals surface area contributed by atoms with Gasteiger partial charge in [0.2, 0.25) is 0 Å². The van der Waals surface area contributed by atoms with Crippen LogP contribution in [-0.4, -0.2) is 17.6 Å². The predicted octanol–water partition coefficient (Wildman–Crippen LogP) is 6.83. The first-order valence-corrected chi connectivity index (χ1v) is 9.49. The lowest BCUT2D eigenvalue weighted by Gasteiger charge is -2.23. The summed E-state index contributed by atoms with van der Waals surface area (Å²) in [5, 5.41) is 0.294. The van der Waals surface area contributed by atoms with Crippen LogP contribution in [-0.2, 0) is 15.7 Å². The fourth-order valence-electron chi connectivity index (χ4n) is 2.88. The maximum Gasteiger partial charge on any atom is 0.422 e. The van der Waals surface area contributed by atoms with Gasteiger partial charge in [0.1, 0.15) is 5.60 Å². The average molecular weight is 458 g/mol. The Kier molecular flexibility index (Phi) is 5.64. The molecule has 3 rings (SSSR count). The molecule has 1 aliphatic rings. The number of halogens is 5. The molecule has 0 aromatic heterocycles. The van der Waals surface area contributed by atoms with Gasteiger partial charge in [0.05, 0.1) is 16.8 Å². The molecule has 2 aromatic rings. The summed E-state index contributed by atoms with van der Waals surface area (Å²) in [7, 11) is 0. The summed E-state index contributed by atoms with van der Waals surface area (Å²) in [5.41, 5.74) is -1.30. The van der Waals surface area contributed by atoms with Crippen LogP contribution in [0, 0.1) is 0 Å². The second-order valence-corrected chi connectivity index (χ2v) is 8.42. The largest absolute Gasteiger partial charge is 0.443 e. The van der Waals surface area contributed by atoms with Crippen molar-refractivity contribution in [1.29, 1.82) is 0 Å². The molecule has 0 fully saturated rings. The van der Waals surface area contributed by atoms with E-state index in [0.717, 1.165) is 23.1 Å². The number of carbonyl (C=O) groups excluding carboxylic acids is 2. The molecule has 0 N–H and O–H groups in total. The highest BCUT2D eigenvalue weighted by atomic mass is 35.5. The average Bonchev–Trinajstić information content (AvgIpc) is 2.85. The lowest BCUT2D eigenvalue weighted by atomic mass is 10.0. The van der Waals surface area contributed by atoms with Gasteiger partial charge in [-0.15, -0.1) is 0 Å². The van der Waals surface area contributed by atoms with Crippen molar-refractivity contribution in [1.82, 2.24) is 0 Å². The van der Waals surface area contributed by atoms with Gasteiger partial charge in [0.15, 0.2) is 0 Å².